The Morgan fingerprint density at radius 3 is 2.48 bits per heavy atom. The summed E-state index contributed by atoms with van der Waals surface area (Å²) in [4.78, 5) is 11.5. The smallest absolute Gasteiger partial charge is 0.408 e. The molecule has 108 valence electrons. The maximum atomic E-state index is 11.5. The molecule has 0 radical (unpaired) electrons. The summed E-state index contributed by atoms with van der Waals surface area (Å²) in [5.74, 6) is -0.413. The second-order valence-electron chi connectivity index (χ2n) is 4.65. The van der Waals surface area contributed by atoms with Crippen LogP contribution in [-0.2, 0) is 7.05 Å². The van der Waals surface area contributed by atoms with Crippen molar-refractivity contribution >= 4 is 45.9 Å². The van der Waals surface area contributed by atoms with Crippen LogP contribution in [0.15, 0.2) is 45.6 Å². The highest BCUT2D eigenvalue weighted by atomic mass is 35.5. The SMILES string of the molecule is Cn1c(=O)oc2cc(C(Cl)c3c(Cl)cccc3Cl)ccc21. The van der Waals surface area contributed by atoms with E-state index in [4.69, 9.17) is 39.2 Å². The summed E-state index contributed by atoms with van der Waals surface area (Å²) in [5.41, 5.74) is 2.58. The minimum absolute atomic E-state index is 0.413. The molecular weight excluding hydrogens is 333 g/mol. The molecule has 3 aromatic rings. The number of oxazole rings is 1. The first-order valence-corrected chi connectivity index (χ1v) is 7.35. The molecule has 0 saturated carbocycles. The van der Waals surface area contributed by atoms with E-state index in [-0.39, 0.29) is 0 Å². The molecule has 1 atom stereocenters. The number of nitrogens with zero attached hydrogens (tertiary/aromatic N) is 1. The molecule has 0 aliphatic carbocycles. The number of hydrogen-bond donors (Lipinski definition) is 0. The third kappa shape index (κ3) is 2.46. The highest BCUT2D eigenvalue weighted by Crippen LogP contribution is 2.38. The average molecular weight is 343 g/mol. The van der Waals surface area contributed by atoms with Crippen LogP contribution in [0.4, 0.5) is 0 Å². The molecule has 0 fully saturated rings. The maximum absolute atomic E-state index is 11.5. The molecule has 0 aliphatic rings. The first kappa shape index (κ1) is 14.5. The van der Waals surface area contributed by atoms with Crippen LogP contribution < -0.4 is 5.76 Å². The standard InChI is InChI=1S/C15H10Cl3NO2/c1-19-11-6-5-8(7-12(11)21-15(19)20)14(18)13-9(16)3-2-4-10(13)17/h2-7,14H,1H3. The molecule has 0 aliphatic heterocycles. The van der Waals surface area contributed by atoms with Crippen molar-refractivity contribution in [2.24, 2.45) is 7.05 Å². The van der Waals surface area contributed by atoms with Crippen LogP contribution >= 0.6 is 34.8 Å². The van der Waals surface area contributed by atoms with Gasteiger partial charge in [0.15, 0.2) is 5.58 Å². The van der Waals surface area contributed by atoms with Crippen LogP contribution in [0.1, 0.15) is 16.5 Å². The van der Waals surface area contributed by atoms with Crippen molar-refractivity contribution < 1.29 is 4.42 Å². The van der Waals surface area contributed by atoms with Crippen LogP contribution in [0.3, 0.4) is 0 Å². The monoisotopic (exact) mass is 341 g/mol. The maximum Gasteiger partial charge on any atom is 0.419 e. The van der Waals surface area contributed by atoms with Gasteiger partial charge in [0.1, 0.15) is 0 Å². The molecule has 21 heavy (non-hydrogen) atoms. The zero-order chi connectivity index (χ0) is 15.1. The zero-order valence-electron chi connectivity index (χ0n) is 10.9. The van der Waals surface area contributed by atoms with E-state index in [0.717, 1.165) is 5.56 Å². The first-order valence-electron chi connectivity index (χ1n) is 6.16. The van der Waals surface area contributed by atoms with Crippen molar-refractivity contribution in [3.8, 4) is 0 Å². The largest absolute Gasteiger partial charge is 0.419 e. The van der Waals surface area contributed by atoms with Gasteiger partial charge in [-0.1, -0.05) is 35.3 Å². The Kier molecular flexibility index (Phi) is 3.74. The van der Waals surface area contributed by atoms with Gasteiger partial charge in [0.2, 0.25) is 0 Å². The van der Waals surface area contributed by atoms with E-state index < -0.39 is 11.1 Å². The number of benzene rings is 2. The van der Waals surface area contributed by atoms with Crippen molar-refractivity contribution in [3.63, 3.8) is 0 Å². The van der Waals surface area contributed by atoms with E-state index in [0.29, 0.717) is 26.7 Å². The lowest BCUT2D eigenvalue weighted by molar-refractivity contribution is 0.528. The molecule has 1 unspecified atom stereocenters. The van der Waals surface area contributed by atoms with E-state index in [1.807, 2.05) is 6.07 Å². The lowest BCUT2D eigenvalue weighted by Crippen LogP contribution is -2.08. The number of aryl methyl sites for hydroxylation is 1. The molecule has 0 amide bonds. The van der Waals surface area contributed by atoms with E-state index in [1.54, 1.807) is 37.4 Å². The number of fused-ring (bicyclic) bond motifs is 1. The molecule has 3 rings (SSSR count). The topological polar surface area (TPSA) is 35.1 Å². The van der Waals surface area contributed by atoms with Gasteiger partial charge in [-0.15, -0.1) is 11.6 Å². The predicted octanol–water partition coefficient (Wildman–Crippen LogP) is 4.77. The Morgan fingerprint density at radius 2 is 1.81 bits per heavy atom. The summed E-state index contributed by atoms with van der Waals surface area (Å²) in [6.07, 6.45) is 0. The van der Waals surface area contributed by atoms with Gasteiger partial charge in [-0.05, 0) is 29.8 Å². The van der Waals surface area contributed by atoms with Gasteiger partial charge >= 0.3 is 5.76 Å². The summed E-state index contributed by atoms with van der Waals surface area (Å²) >= 11 is 18.8. The molecule has 3 nitrogen and oxygen atoms in total. The third-order valence-electron chi connectivity index (χ3n) is 3.36. The van der Waals surface area contributed by atoms with E-state index >= 15 is 0 Å². The molecule has 0 spiro atoms. The predicted molar refractivity (Wildman–Crippen MR) is 85.6 cm³/mol. The Balaban J connectivity index is 2.14. The Morgan fingerprint density at radius 1 is 1.14 bits per heavy atom. The van der Waals surface area contributed by atoms with Crippen LogP contribution in [-0.4, -0.2) is 4.57 Å². The van der Waals surface area contributed by atoms with Gasteiger partial charge in [0.05, 0.1) is 10.9 Å². The van der Waals surface area contributed by atoms with E-state index in [9.17, 15) is 4.79 Å². The Labute approximate surface area is 135 Å². The molecular formula is C15H10Cl3NO2. The molecule has 6 heteroatoms. The summed E-state index contributed by atoms with van der Waals surface area (Å²) in [6, 6.07) is 10.6. The number of hydrogen-bond acceptors (Lipinski definition) is 2. The second-order valence-corrected chi connectivity index (χ2v) is 5.90. The first-order chi connectivity index (χ1) is 9.99. The minimum Gasteiger partial charge on any atom is -0.408 e. The molecule has 0 saturated heterocycles. The number of halogens is 3. The molecule has 1 aromatic heterocycles. The second kappa shape index (κ2) is 5.41. The van der Waals surface area contributed by atoms with Gasteiger partial charge < -0.3 is 4.42 Å². The summed E-state index contributed by atoms with van der Waals surface area (Å²) in [5, 5.41) is 0.468. The molecule has 0 bridgehead atoms. The van der Waals surface area contributed by atoms with Crippen LogP contribution in [0.25, 0.3) is 11.1 Å². The van der Waals surface area contributed by atoms with Gasteiger partial charge in [0, 0.05) is 22.7 Å². The quantitative estimate of drug-likeness (QED) is 0.629. The van der Waals surface area contributed by atoms with E-state index in [1.165, 1.54) is 4.57 Å². The van der Waals surface area contributed by atoms with Crippen molar-refractivity contribution in [3.05, 3.63) is 68.1 Å². The summed E-state index contributed by atoms with van der Waals surface area (Å²) in [7, 11) is 1.65. The number of aromatic nitrogens is 1. The summed E-state index contributed by atoms with van der Waals surface area (Å²) < 4.78 is 6.60. The Hall–Kier alpha value is -1.42. The number of rotatable bonds is 2. The fraction of sp³-hybridized carbons (Fsp3) is 0.133. The van der Waals surface area contributed by atoms with Gasteiger partial charge in [-0.2, -0.15) is 0 Å². The minimum atomic E-state index is -0.527. The highest BCUT2D eigenvalue weighted by Gasteiger charge is 2.19. The molecule has 2 aromatic carbocycles. The van der Waals surface area contributed by atoms with E-state index in [2.05, 4.69) is 0 Å². The fourth-order valence-corrected chi connectivity index (χ4v) is 3.33. The average Bonchev–Trinajstić information content (AvgIpc) is 2.73. The summed E-state index contributed by atoms with van der Waals surface area (Å²) in [6.45, 7) is 0. The zero-order valence-corrected chi connectivity index (χ0v) is 13.2. The van der Waals surface area contributed by atoms with Gasteiger partial charge in [0.25, 0.3) is 0 Å². The highest BCUT2D eigenvalue weighted by molar-refractivity contribution is 6.38. The fourth-order valence-electron chi connectivity index (χ4n) is 2.23. The van der Waals surface area contributed by atoms with Crippen LogP contribution in [0.2, 0.25) is 10.0 Å². The van der Waals surface area contributed by atoms with Crippen molar-refractivity contribution in [1.29, 1.82) is 0 Å². The molecule has 0 N–H and O–H groups in total. The third-order valence-corrected chi connectivity index (χ3v) is 4.49. The normalized spacial score (nSPS) is 12.8. The Bertz CT molecular complexity index is 862. The van der Waals surface area contributed by atoms with Crippen LogP contribution in [0, 0.1) is 0 Å². The van der Waals surface area contributed by atoms with Crippen molar-refractivity contribution in [1.82, 2.24) is 4.57 Å². The lowest BCUT2D eigenvalue weighted by Gasteiger charge is -2.13. The van der Waals surface area contributed by atoms with Gasteiger partial charge in [-0.25, -0.2) is 4.79 Å². The van der Waals surface area contributed by atoms with Crippen LogP contribution in [0.5, 0.6) is 0 Å². The van der Waals surface area contributed by atoms with Gasteiger partial charge in [-0.3, -0.25) is 4.57 Å². The molecule has 1 heterocycles. The lowest BCUT2D eigenvalue weighted by atomic mass is 10.0. The number of alkyl halides is 1. The van der Waals surface area contributed by atoms with Crippen molar-refractivity contribution in [2.45, 2.75) is 5.38 Å². The van der Waals surface area contributed by atoms with Crippen molar-refractivity contribution in [2.75, 3.05) is 0 Å².